The van der Waals surface area contributed by atoms with Crippen molar-refractivity contribution in [3.8, 4) is 0 Å². The van der Waals surface area contributed by atoms with Crippen molar-refractivity contribution >= 4 is 17.5 Å². The maximum absolute atomic E-state index is 12.7. The number of pyridine rings is 1. The third-order valence-corrected chi connectivity index (χ3v) is 2.54. The molecular formula is C12H16ClFN2O. The number of nitrogens with zero attached hydrogens (tertiary/aromatic N) is 2. The standard InChI is InChI=1S/C12H16ClFN2O/c1-2-3-7-16(8-6-13)12(17)11-5-4-10(14)9-15-11/h4-5,9H,2-3,6-8H2,1H3. The SMILES string of the molecule is CCCCN(CCCl)C(=O)c1ccc(F)cn1. The summed E-state index contributed by atoms with van der Waals surface area (Å²) >= 11 is 5.66. The van der Waals surface area contributed by atoms with Crippen LogP contribution in [0.4, 0.5) is 4.39 Å². The average molecular weight is 259 g/mol. The highest BCUT2D eigenvalue weighted by atomic mass is 35.5. The highest BCUT2D eigenvalue weighted by Crippen LogP contribution is 2.05. The lowest BCUT2D eigenvalue weighted by Gasteiger charge is -2.20. The van der Waals surface area contributed by atoms with E-state index < -0.39 is 5.82 Å². The number of unbranched alkanes of at least 4 members (excludes halogenated alkanes) is 1. The van der Waals surface area contributed by atoms with E-state index in [1.54, 1.807) is 4.90 Å². The lowest BCUT2D eigenvalue weighted by atomic mass is 10.2. The molecule has 0 bridgehead atoms. The zero-order chi connectivity index (χ0) is 12.7. The number of carbonyl (C=O) groups excluding carboxylic acids is 1. The number of alkyl halides is 1. The van der Waals surface area contributed by atoms with Gasteiger partial charge in [-0.25, -0.2) is 9.37 Å². The summed E-state index contributed by atoms with van der Waals surface area (Å²) in [7, 11) is 0. The largest absolute Gasteiger partial charge is 0.336 e. The summed E-state index contributed by atoms with van der Waals surface area (Å²) < 4.78 is 12.7. The highest BCUT2D eigenvalue weighted by molar-refractivity contribution is 6.18. The first kappa shape index (κ1) is 13.9. The molecule has 94 valence electrons. The van der Waals surface area contributed by atoms with Gasteiger partial charge in [0.15, 0.2) is 0 Å². The summed E-state index contributed by atoms with van der Waals surface area (Å²) in [6.07, 6.45) is 2.97. The van der Waals surface area contributed by atoms with Crippen LogP contribution in [0.3, 0.4) is 0 Å². The van der Waals surface area contributed by atoms with E-state index in [0.29, 0.717) is 19.0 Å². The van der Waals surface area contributed by atoms with Gasteiger partial charge >= 0.3 is 0 Å². The number of carbonyl (C=O) groups is 1. The number of amides is 1. The number of aromatic nitrogens is 1. The van der Waals surface area contributed by atoms with Crippen molar-refractivity contribution in [2.45, 2.75) is 19.8 Å². The topological polar surface area (TPSA) is 33.2 Å². The van der Waals surface area contributed by atoms with Gasteiger partial charge < -0.3 is 4.90 Å². The lowest BCUT2D eigenvalue weighted by Crippen LogP contribution is -2.34. The molecule has 0 aromatic carbocycles. The molecule has 0 atom stereocenters. The molecular weight excluding hydrogens is 243 g/mol. The molecule has 0 aliphatic heterocycles. The lowest BCUT2D eigenvalue weighted by molar-refractivity contribution is 0.0757. The van der Waals surface area contributed by atoms with Crippen LogP contribution in [0, 0.1) is 5.82 Å². The fourth-order valence-electron chi connectivity index (χ4n) is 1.43. The van der Waals surface area contributed by atoms with Gasteiger partial charge in [0.25, 0.3) is 5.91 Å². The highest BCUT2D eigenvalue weighted by Gasteiger charge is 2.15. The van der Waals surface area contributed by atoms with Crippen molar-refractivity contribution in [2.75, 3.05) is 19.0 Å². The van der Waals surface area contributed by atoms with Crippen LogP contribution in [0.2, 0.25) is 0 Å². The minimum absolute atomic E-state index is 0.195. The molecule has 1 rings (SSSR count). The molecule has 0 saturated carbocycles. The number of rotatable bonds is 6. The number of hydrogen-bond donors (Lipinski definition) is 0. The summed E-state index contributed by atoms with van der Waals surface area (Å²) in [5.74, 6) is -0.255. The molecule has 0 spiro atoms. The predicted molar refractivity (Wildman–Crippen MR) is 65.7 cm³/mol. The molecule has 0 aliphatic carbocycles. The molecule has 0 fully saturated rings. The van der Waals surface area contributed by atoms with E-state index >= 15 is 0 Å². The third-order valence-electron chi connectivity index (χ3n) is 2.37. The summed E-state index contributed by atoms with van der Waals surface area (Å²) in [5, 5.41) is 0. The Morgan fingerprint density at radius 1 is 1.47 bits per heavy atom. The van der Waals surface area contributed by atoms with E-state index in [2.05, 4.69) is 11.9 Å². The predicted octanol–water partition coefficient (Wildman–Crippen LogP) is 2.70. The van der Waals surface area contributed by atoms with E-state index in [1.807, 2.05) is 0 Å². The van der Waals surface area contributed by atoms with E-state index in [9.17, 15) is 9.18 Å². The van der Waals surface area contributed by atoms with Crippen LogP contribution in [0.25, 0.3) is 0 Å². The summed E-state index contributed by atoms with van der Waals surface area (Å²) in [4.78, 5) is 17.5. The second-order valence-electron chi connectivity index (χ2n) is 3.70. The first-order chi connectivity index (χ1) is 8.19. The van der Waals surface area contributed by atoms with Crippen LogP contribution in [-0.4, -0.2) is 34.8 Å². The first-order valence-corrected chi connectivity index (χ1v) is 6.19. The molecule has 1 aromatic heterocycles. The Kier molecular flexibility index (Phi) is 5.91. The summed E-state index contributed by atoms with van der Waals surface area (Å²) in [6, 6.07) is 2.63. The molecule has 0 N–H and O–H groups in total. The van der Waals surface area contributed by atoms with Gasteiger partial charge in [-0.15, -0.1) is 11.6 Å². The average Bonchev–Trinajstić information content (AvgIpc) is 2.34. The molecule has 1 amide bonds. The zero-order valence-electron chi connectivity index (χ0n) is 9.83. The Labute approximate surface area is 106 Å². The van der Waals surface area contributed by atoms with Gasteiger partial charge in [0, 0.05) is 19.0 Å². The van der Waals surface area contributed by atoms with Gasteiger partial charge in [0.1, 0.15) is 11.5 Å². The molecule has 1 aromatic rings. The van der Waals surface area contributed by atoms with Crippen LogP contribution >= 0.6 is 11.6 Å². The van der Waals surface area contributed by atoms with Crippen molar-refractivity contribution in [2.24, 2.45) is 0 Å². The Bertz CT molecular complexity index is 356. The Balaban J connectivity index is 2.72. The van der Waals surface area contributed by atoms with Gasteiger partial charge in [-0.1, -0.05) is 13.3 Å². The monoisotopic (exact) mass is 258 g/mol. The molecule has 3 nitrogen and oxygen atoms in total. The van der Waals surface area contributed by atoms with E-state index in [4.69, 9.17) is 11.6 Å². The summed E-state index contributed by atoms with van der Waals surface area (Å²) in [5.41, 5.74) is 0.257. The minimum atomic E-state index is -0.445. The van der Waals surface area contributed by atoms with Gasteiger partial charge in [0.05, 0.1) is 6.20 Å². The fourth-order valence-corrected chi connectivity index (χ4v) is 1.63. The number of hydrogen-bond acceptors (Lipinski definition) is 2. The molecule has 5 heteroatoms. The molecule has 0 aliphatic rings. The van der Waals surface area contributed by atoms with Crippen LogP contribution < -0.4 is 0 Å². The Morgan fingerprint density at radius 2 is 2.24 bits per heavy atom. The zero-order valence-corrected chi connectivity index (χ0v) is 10.6. The maximum Gasteiger partial charge on any atom is 0.272 e. The van der Waals surface area contributed by atoms with Gasteiger partial charge in [-0.3, -0.25) is 4.79 Å². The van der Waals surface area contributed by atoms with Crippen molar-refractivity contribution in [1.29, 1.82) is 0 Å². The molecule has 17 heavy (non-hydrogen) atoms. The fraction of sp³-hybridized carbons (Fsp3) is 0.500. The van der Waals surface area contributed by atoms with Crippen molar-refractivity contribution in [1.82, 2.24) is 9.88 Å². The van der Waals surface area contributed by atoms with Crippen LogP contribution in [-0.2, 0) is 0 Å². The molecule has 1 heterocycles. The van der Waals surface area contributed by atoms with Crippen LogP contribution in [0.5, 0.6) is 0 Å². The minimum Gasteiger partial charge on any atom is -0.336 e. The number of halogens is 2. The van der Waals surface area contributed by atoms with Gasteiger partial charge in [-0.05, 0) is 18.6 Å². The Hall–Kier alpha value is -1.16. The van der Waals surface area contributed by atoms with Crippen LogP contribution in [0.1, 0.15) is 30.3 Å². The van der Waals surface area contributed by atoms with E-state index in [1.165, 1.54) is 12.1 Å². The van der Waals surface area contributed by atoms with E-state index in [0.717, 1.165) is 19.0 Å². The van der Waals surface area contributed by atoms with E-state index in [-0.39, 0.29) is 11.6 Å². The normalized spacial score (nSPS) is 10.3. The van der Waals surface area contributed by atoms with Gasteiger partial charge in [0.2, 0.25) is 0 Å². The Morgan fingerprint density at radius 3 is 2.76 bits per heavy atom. The van der Waals surface area contributed by atoms with Gasteiger partial charge in [-0.2, -0.15) is 0 Å². The quantitative estimate of drug-likeness (QED) is 0.735. The third kappa shape index (κ3) is 4.30. The molecule has 0 saturated heterocycles. The first-order valence-electron chi connectivity index (χ1n) is 5.65. The van der Waals surface area contributed by atoms with Crippen molar-refractivity contribution in [3.05, 3.63) is 29.8 Å². The molecule has 0 unspecified atom stereocenters. The second kappa shape index (κ2) is 7.22. The summed E-state index contributed by atoms with van der Waals surface area (Å²) in [6.45, 7) is 3.19. The van der Waals surface area contributed by atoms with Crippen molar-refractivity contribution in [3.63, 3.8) is 0 Å². The second-order valence-corrected chi connectivity index (χ2v) is 4.07. The molecule has 0 radical (unpaired) electrons. The van der Waals surface area contributed by atoms with Crippen LogP contribution in [0.15, 0.2) is 18.3 Å². The van der Waals surface area contributed by atoms with Crippen molar-refractivity contribution < 1.29 is 9.18 Å². The maximum atomic E-state index is 12.7. The smallest absolute Gasteiger partial charge is 0.272 e.